The van der Waals surface area contributed by atoms with E-state index in [1.165, 1.54) is 0 Å². The number of hydrogen-bond acceptors (Lipinski definition) is 5. The molecule has 0 unspecified atom stereocenters. The Bertz CT molecular complexity index is 430. The molecule has 0 radical (unpaired) electrons. The van der Waals surface area contributed by atoms with Crippen LogP contribution in [0.15, 0.2) is 12.4 Å². The van der Waals surface area contributed by atoms with Crippen LogP contribution in [0, 0.1) is 11.8 Å². The van der Waals surface area contributed by atoms with Crippen LogP contribution in [-0.2, 0) is 11.3 Å². The van der Waals surface area contributed by atoms with Gasteiger partial charge in [-0.25, -0.2) is 9.97 Å². The molecule has 0 atom stereocenters. The van der Waals surface area contributed by atoms with Crippen LogP contribution in [0.4, 0.5) is 5.95 Å². The normalized spacial score (nSPS) is 11.1. The van der Waals surface area contributed by atoms with E-state index in [4.69, 9.17) is 5.73 Å². The molecule has 0 aliphatic heterocycles. The molecule has 21 heavy (non-hydrogen) atoms. The van der Waals surface area contributed by atoms with Crippen molar-refractivity contribution in [1.29, 1.82) is 0 Å². The lowest BCUT2D eigenvalue weighted by molar-refractivity contribution is -0.116. The van der Waals surface area contributed by atoms with Gasteiger partial charge in [0.15, 0.2) is 0 Å². The minimum absolute atomic E-state index is 0.142. The standard InChI is InChI=1S/C15H27N5O/c1-11(2)5-17-6-13-7-18-15(19-8-13)20(9-12(3)4)10-14(16)21/h7-8,11-12,17H,5-6,9-10H2,1-4H3,(H2,16,21). The fraction of sp³-hybridized carbons (Fsp3) is 0.667. The van der Waals surface area contributed by atoms with Crippen molar-refractivity contribution in [2.75, 3.05) is 24.5 Å². The third-order valence-corrected chi connectivity index (χ3v) is 2.79. The fourth-order valence-corrected chi connectivity index (χ4v) is 1.95. The smallest absolute Gasteiger partial charge is 0.237 e. The molecule has 1 amide bonds. The molecule has 3 N–H and O–H groups in total. The number of nitrogens with two attached hydrogens (primary N) is 1. The number of hydrogen-bond donors (Lipinski definition) is 2. The number of rotatable bonds is 9. The van der Waals surface area contributed by atoms with Gasteiger partial charge < -0.3 is 16.0 Å². The fourth-order valence-electron chi connectivity index (χ4n) is 1.95. The molecule has 1 rings (SSSR count). The maximum absolute atomic E-state index is 11.2. The first-order chi connectivity index (χ1) is 9.88. The lowest BCUT2D eigenvalue weighted by atomic mass is 10.2. The van der Waals surface area contributed by atoms with E-state index in [-0.39, 0.29) is 12.5 Å². The average Bonchev–Trinajstić information content (AvgIpc) is 2.37. The Morgan fingerprint density at radius 3 is 2.33 bits per heavy atom. The molecule has 1 aromatic rings. The van der Waals surface area contributed by atoms with Gasteiger partial charge in [0.2, 0.25) is 11.9 Å². The van der Waals surface area contributed by atoms with Gasteiger partial charge >= 0.3 is 0 Å². The maximum Gasteiger partial charge on any atom is 0.237 e. The summed E-state index contributed by atoms with van der Waals surface area (Å²) >= 11 is 0. The Kier molecular flexibility index (Phi) is 7.08. The Morgan fingerprint density at radius 2 is 1.86 bits per heavy atom. The largest absolute Gasteiger partial charge is 0.368 e. The molecule has 1 heterocycles. The highest BCUT2D eigenvalue weighted by molar-refractivity contribution is 5.78. The summed E-state index contributed by atoms with van der Waals surface area (Å²) in [6.45, 7) is 11.1. The summed E-state index contributed by atoms with van der Waals surface area (Å²) < 4.78 is 0. The van der Waals surface area contributed by atoms with Gasteiger partial charge in [0.05, 0.1) is 6.54 Å². The number of nitrogens with one attached hydrogen (secondary N) is 1. The van der Waals surface area contributed by atoms with Crippen molar-refractivity contribution in [2.24, 2.45) is 17.6 Å². The number of carbonyl (C=O) groups is 1. The lowest BCUT2D eigenvalue weighted by Gasteiger charge is -2.23. The molecule has 6 nitrogen and oxygen atoms in total. The average molecular weight is 293 g/mol. The molecule has 0 fully saturated rings. The highest BCUT2D eigenvalue weighted by Gasteiger charge is 2.13. The first-order valence-electron chi connectivity index (χ1n) is 7.43. The second-order valence-electron chi connectivity index (χ2n) is 6.16. The SMILES string of the molecule is CC(C)CNCc1cnc(N(CC(N)=O)CC(C)C)nc1. The molecule has 0 aliphatic carbocycles. The van der Waals surface area contributed by atoms with Crippen LogP contribution < -0.4 is 16.0 Å². The van der Waals surface area contributed by atoms with Crippen LogP contribution in [0.2, 0.25) is 0 Å². The van der Waals surface area contributed by atoms with Crippen molar-refractivity contribution in [3.63, 3.8) is 0 Å². The molecular weight excluding hydrogens is 266 g/mol. The van der Waals surface area contributed by atoms with Gasteiger partial charge in [0.1, 0.15) is 0 Å². The number of anilines is 1. The highest BCUT2D eigenvalue weighted by atomic mass is 16.1. The second-order valence-corrected chi connectivity index (χ2v) is 6.16. The number of amides is 1. The molecular formula is C15H27N5O. The molecule has 6 heteroatoms. The van der Waals surface area contributed by atoms with Gasteiger partial charge in [0.25, 0.3) is 0 Å². The summed E-state index contributed by atoms with van der Waals surface area (Å²) in [5.41, 5.74) is 6.31. The monoisotopic (exact) mass is 293 g/mol. The Morgan fingerprint density at radius 1 is 1.24 bits per heavy atom. The number of primary amides is 1. The van der Waals surface area contributed by atoms with Crippen molar-refractivity contribution in [2.45, 2.75) is 34.2 Å². The topological polar surface area (TPSA) is 84.1 Å². The van der Waals surface area contributed by atoms with E-state index in [1.54, 1.807) is 12.4 Å². The third kappa shape index (κ3) is 7.04. The van der Waals surface area contributed by atoms with Crippen molar-refractivity contribution < 1.29 is 4.79 Å². The Balaban J connectivity index is 2.66. The van der Waals surface area contributed by atoms with Crippen molar-refractivity contribution in [1.82, 2.24) is 15.3 Å². The highest BCUT2D eigenvalue weighted by Crippen LogP contribution is 2.09. The summed E-state index contributed by atoms with van der Waals surface area (Å²) in [5, 5.41) is 3.35. The number of aromatic nitrogens is 2. The van der Waals surface area contributed by atoms with Crippen molar-refractivity contribution >= 4 is 11.9 Å². The van der Waals surface area contributed by atoms with E-state index in [1.807, 2.05) is 4.90 Å². The van der Waals surface area contributed by atoms with E-state index in [0.29, 0.717) is 24.3 Å². The van der Waals surface area contributed by atoms with Gasteiger partial charge in [-0.15, -0.1) is 0 Å². The quantitative estimate of drug-likeness (QED) is 0.714. The van der Waals surface area contributed by atoms with Crippen LogP contribution >= 0.6 is 0 Å². The Hall–Kier alpha value is -1.69. The maximum atomic E-state index is 11.2. The molecule has 0 saturated carbocycles. The van der Waals surface area contributed by atoms with Crippen LogP contribution in [0.5, 0.6) is 0 Å². The van der Waals surface area contributed by atoms with Gasteiger partial charge in [-0.2, -0.15) is 0 Å². The predicted molar refractivity (Wildman–Crippen MR) is 84.8 cm³/mol. The molecule has 1 aromatic heterocycles. The summed E-state index contributed by atoms with van der Waals surface area (Å²) in [5.74, 6) is 1.19. The van der Waals surface area contributed by atoms with Gasteiger partial charge in [0, 0.05) is 31.0 Å². The number of nitrogens with zero attached hydrogens (tertiary/aromatic N) is 3. The van der Waals surface area contributed by atoms with Gasteiger partial charge in [-0.05, 0) is 18.4 Å². The second kappa shape index (κ2) is 8.56. The first-order valence-corrected chi connectivity index (χ1v) is 7.43. The molecule has 118 valence electrons. The van der Waals surface area contributed by atoms with Crippen LogP contribution in [0.25, 0.3) is 0 Å². The molecule has 0 saturated heterocycles. The summed E-state index contributed by atoms with van der Waals surface area (Å²) in [4.78, 5) is 21.7. The Labute approximate surface area is 127 Å². The van der Waals surface area contributed by atoms with E-state index in [9.17, 15) is 4.79 Å². The predicted octanol–water partition coefficient (Wildman–Crippen LogP) is 1.17. The molecule has 0 spiro atoms. The summed E-state index contributed by atoms with van der Waals surface area (Å²) in [6, 6.07) is 0. The summed E-state index contributed by atoms with van der Waals surface area (Å²) in [6.07, 6.45) is 3.59. The van der Waals surface area contributed by atoms with Crippen LogP contribution in [0.1, 0.15) is 33.3 Å². The molecule has 0 aliphatic rings. The van der Waals surface area contributed by atoms with Gasteiger partial charge in [-0.3, -0.25) is 4.79 Å². The number of carbonyl (C=O) groups excluding carboxylic acids is 1. The van der Waals surface area contributed by atoms with E-state index in [2.05, 4.69) is 43.0 Å². The lowest BCUT2D eigenvalue weighted by Crippen LogP contribution is -2.37. The zero-order valence-electron chi connectivity index (χ0n) is 13.5. The minimum Gasteiger partial charge on any atom is -0.368 e. The zero-order chi connectivity index (χ0) is 15.8. The molecule has 0 bridgehead atoms. The van der Waals surface area contributed by atoms with E-state index in [0.717, 1.165) is 18.7 Å². The van der Waals surface area contributed by atoms with Crippen molar-refractivity contribution in [3.05, 3.63) is 18.0 Å². The van der Waals surface area contributed by atoms with Crippen molar-refractivity contribution in [3.8, 4) is 0 Å². The first kappa shape index (κ1) is 17.4. The summed E-state index contributed by atoms with van der Waals surface area (Å²) in [7, 11) is 0. The third-order valence-electron chi connectivity index (χ3n) is 2.79. The van der Waals surface area contributed by atoms with E-state index >= 15 is 0 Å². The zero-order valence-corrected chi connectivity index (χ0v) is 13.5. The molecule has 0 aromatic carbocycles. The van der Waals surface area contributed by atoms with Gasteiger partial charge in [-0.1, -0.05) is 27.7 Å². The van der Waals surface area contributed by atoms with Crippen LogP contribution in [0.3, 0.4) is 0 Å². The minimum atomic E-state index is -0.373. The van der Waals surface area contributed by atoms with Crippen LogP contribution in [-0.4, -0.2) is 35.5 Å². The van der Waals surface area contributed by atoms with E-state index < -0.39 is 0 Å².